The van der Waals surface area contributed by atoms with Crippen molar-refractivity contribution in [2.24, 2.45) is 0 Å². The van der Waals surface area contributed by atoms with Gasteiger partial charge in [0.1, 0.15) is 0 Å². The molecule has 1 rings (SSSR count). The molecule has 0 aliphatic carbocycles. The zero-order chi connectivity index (χ0) is 10.9. The van der Waals surface area contributed by atoms with Gasteiger partial charge in [-0.05, 0) is 0 Å². The van der Waals surface area contributed by atoms with Gasteiger partial charge in [0.2, 0.25) is 0 Å². The number of hydrogen-bond acceptors (Lipinski definition) is 1. The van der Waals surface area contributed by atoms with Gasteiger partial charge in [0.25, 0.3) is 0 Å². The number of hydrogen-bond donors (Lipinski definition) is 1. The van der Waals surface area contributed by atoms with Gasteiger partial charge in [-0.15, -0.1) is 0 Å². The Morgan fingerprint density at radius 1 is 1.14 bits per heavy atom. The summed E-state index contributed by atoms with van der Waals surface area (Å²) in [7, 11) is 0. The highest BCUT2D eigenvalue weighted by molar-refractivity contribution is 9.09. The van der Waals surface area contributed by atoms with Gasteiger partial charge in [-0.25, -0.2) is 17.6 Å². The molecular formula is C8H5BrF4O. The second-order valence-electron chi connectivity index (χ2n) is 2.55. The van der Waals surface area contributed by atoms with Gasteiger partial charge in [0.05, 0.1) is 11.7 Å². The SMILES string of the molecule is OC(CBr)c1c(F)c(F)cc(F)c1F. The Morgan fingerprint density at radius 2 is 1.57 bits per heavy atom. The smallest absolute Gasteiger partial charge is 0.167 e. The van der Waals surface area contributed by atoms with E-state index in [0.29, 0.717) is 0 Å². The topological polar surface area (TPSA) is 20.2 Å². The van der Waals surface area contributed by atoms with Gasteiger partial charge >= 0.3 is 0 Å². The minimum absolute atomic E-state index is 0.0924. The minimum Gasteiger partial charge on any atom is -0.387 e. The molecule has 0 radical (unpaired) electrons. The summed E-state index contributed by atoms with van der Waals surface area (Å²) in [5, 5.41) is 8.86. The van der Waals surface area contributed by atoms with Crippen LogP contribution < -0.4 is 0 Å². The van der Waals surface area contributed by atoms with E-state index in [0.717, 1.165) is 0 Å². The second kappa shape index (κ2) is 4.27. The van der Waals surface area contributed by atoms with E-state index in [1.165, 1.54) is 0 Å². The van der Waals surface area contributed by atoms with Gasteiger partial charge in [0, 0.05) is 11.4 Å². The lowest BCUT2D eigenvalue weighted by Crippen LogP contribution is -2.09. The Labute approximate surface area is 85.5 Å². The quantitative estimate of drug-likeness (QED) is 0.499. The Kier molecular flexibility index (Phi) is 3.49. The van der Waals surface area contributed by atoms with Crippen LogP contribution in [0.25, 0.3) is 0 Å². The fourth-order valence-electron chi connectivity index (χ4n) is 0.961. The van der Waals surface area contributed by atoms with Crippen LogP contribution in [0.4, 0.5) is 17.6 Å². The Morgan fingerprint density at radius 3 is 1.93 bits per heavy atom. The molecule has 1 aromatic carbocycles. The van der Waals surface area contributed by atoms with Crippen LogP contribution in [-0.2, 0) is 0 Å². The first-order valence-electron chi connectivity index (χ1n) is 3.56. The van der Waals surface area contributed by atoms with Gasteiger partial charge in [-0.2, -0.15) is 0 Å². The van der Waals surface area contributed by atoms with E-state index in [1.807, 2.05) is 0 Å². The average Bonchev–Trinajstić information content (AvgIpc) is 2.15. The lowest BCUT2D eigenvalue weighted by molar-refractivity contribution is 0.191. The first-order valence-corrected chi connectivity index (χ1v) is 4.68. The van der Waals surface area contributed by atoms with Crippen LogP contribution in [0, 0.1) is 23.3 Å². The molecule has 14 heavy (non-hydrogen) atoms. The van der Waals surface area contributed by atoms with Gasteiger partial charge < -0.3 is 5.11 Å². The summed E-state index contributed by atoms with van der Waals surface area (Å²) in [4.78, 5) is 0. The van der Waals surface area contributed by atoms with E-state index < -0.39 is 34.9 Å². The number of aliphatic hydroxyl groups excluding tert-OH is 1. The first-order chi connectivity index (χ1) is 6.49. The molecule has 1 unspecified atom stereocenters. The summed E-state index contributed by atoms with van der Waals surface area (Å²) >= 11 is 2.74. The molecule has 0 heterocycles. The van der Waals surface area contributed by atoms with Crippen molar-refractivity contribution in [2.45, 2.75) is 6.10 Å². The second-order valence-corrected chi connectivity index (χ2v) is 3.20. The van der Waals surface area contributed by atoms with Crippen LogP contribution in [0.3, 0.4) is 0 Å². The number of alkyl halides is 1. The van der Waals surface area contributed by atoms with Crippen LogP contribution in [0.1, 0.15) is 11.7 Å². The zero-order valence-corrected chi connectivity index (χ0v) is 8.28. The zero-order valence-electron chi connectivity index (χ0n) is 6.70. The van der Waals surface area contributed by atoms with E-state index in [4.69, 9.17) is 5.11 Å². The van der Waals surface area contributed by atoms with E-state index in [-0.39, 0.29) is 11.4 Å². The van der Waals surface area contributed by atoms with E-state index >= 15 is 0 Å². The molecule has 0 aliphatic rings. The molecule has 1 nitrogen and oxygen atoms in total. The third kappa shape index (κ3) is 1.90. The molecule has 1 aromatic rings. The summed E-state index contributed by atoms with van der Waals surface area (Å²) < 4.78 is 51.1. The highest BCUT2D eigenvalue weighted by Gasteiger charge is 2.23. The van der Waals surface area contributed by atoms with E-state index in [1.54, 1.807) is 0 Å². The molecule has 0 saturated carbocycles. The molecule has 0 aromatic heterocycles. The van der Waals surface area contributed by atoms with Crippen molar-refractivity contribution in [1.29, 1.82) is 0 Å². The fourth-order valence-corrected chi connectivity index (χ4v) is 1.29. The third-order valence-electron chi connectivity index (χ3n) is 1.63. The van der Waals surface area contributed by atoms with Gasteiger partial charge in [0.15, 0.2) is 23.3 Å². The lowest BCUT2D eigenvalue weighted by atomic mass is 10.1. The van der Waals surface area contributed by atoms with Crippen LogP contribution in [-0.4, -0.2) is 10.4 Å². The molecule has 78 valence electrons. The first kappa shape index (κ1) is 11.5. The van der Waals surface area contributed by atoms with Crippen molar-refractivity contribution in [3.63, 3.8) is 0 Å². The van der Waals surface area contributed by atoms with Crippen molar-refractivity contribution in [2.75, 3.05) is 5.33 Å². The Balaban J connectivity index is 3.39. The highest BCUT2D eigenvalue weighted by atomic mass is 79.9. The summed E-state index contributed by atoms with van der Waals surface area (Å²) in [6.45, 7) is 0. The standard InChI is InChI=1S/C8H5BrF4O/c9-2-5(14)6-7(12)3(10)1-4(11)8(6)13/h1,5,14H,2H2. The molecule has 1 atom stereocenters. The van der Waals surface area contributed by atoms with Crippen LogP contribution >= 0.6 is 15.9 Å². The molecule has 0 amide bonds. The van der Waals surface area contributed by atoms with Crippen LogP contribution in [0.15, 0.2) is 6.07 Å². The van der Waals surface area contributed by atoms with Gasteiger partial charge in [-0.3, -0.25) is 0 Å². The maximum atomic E-state index is 12.9. The molecular weight excluding hydrogens is 268 g/mol. The van der Waals surface area contributed by atoms with Crippen molar-refractivity contribution in [1.82, 2.24) is 0 Å². The van der Waals surface area contributed by atoms with Crippen molar-refractivity contribution >= 4 is 15.9 Å². The van der Waals surface area contributed by atoms with Crippen molar-refractivity contribution in [3.8, 4) is 0 Å². The molecule has 6 heteroatoms. The van der Waals surface area contributed by atoms with Crippen molar-refractivity contribution < 1.29 is 22.7 Å². The molecule has 0 spiro atoms. The Hall–Kier alpha value is -0.620. The van der Waals surface area contributed by atoms with Crippen LogP contribution in [0.2, 0.25) is 0 Å². The summed E-state index contributed by atoms with van der Waals surface area (Å²) in [6, 6.07) is 0.0924. The molecule has 0 saturated heterocycles. The van der Waals surface area contributed by atoms with Crippen molar-refractivity contribution in [3.05, 3.63) is 34.9 Å². The number of aliphatic hydroxyl groups is 1. The average molecular weight is 273 g/mol. The summed E-state index contributed by atoms with van der Waals surface area (Å²) in [6.07, 6.45) is -1.62. The fraction of sp³-hybridized carbons (Fsp3) is 0.250. The predicted octanol–water partition coefficient (Wildman–Crippen LogP) is 2.67. The number of benzene rings is 1. The van der Waals surface area contributed by atoms with Gasteiger partial charge in [-0.1, -0.05) is 15.9 Å². The third-order valence-corrected chi connectivity index (χ3v) is 2.24. The molecule has 0 fully saturated rings. The van der Waals surface area contributed by atoms with Crippen LogP contribution in [0.5, 0.6) is 0 Å². The molecule has 0 bridgehead atoms. The number of rotatable bonds is 2. The minimum atomic E-state index is -1.62. The molecule has 0 aliphatic heterocycles. The summed E-state index contributed by atoms with van der Waals surface area (Å²) in [5.74, 6) is -6.20. The maximum Gasteiger partial charge on any atom is 0.167 e. The molecule has 1 N–H and O–H groups in total. The normalized spacial score (nSPS) is 13.0. The number of halogens is 5. The predicted molar refractivity (Wildman–Crippen MR) is 45.0 cm³/mol. The van der Waals surface area contributed by atoms with E-state index in [9.17, 15) is 17.6 Å². The Bertz CT molecular complexity index is 329. The highest BCUT2D eigenvalue weighted by Crippen LogP contribution is 2.26. The largest absolute Gasteiger partial charge is 0.387 e. The monoisotopic (exact) mass is 272 g/mol. The summed E-state index contributed by atoms with van der Waals surface area (Å²) in [5.41, 5.74) is -1.00. The lowest BCUT2D eigenvalue weighted by Gasteiger charge is -2.10. The maximum absolute atomic E-state index is 12.9. The van der Waals surface area contributed by atoms with E-state index in [2.05, 4.69) is 15.9 Å².